The standard InChI is InChI=1S/C63H110O12/c1-4-7-10-13-16-19-22-25-26-27-28-29-30-33-34-37-40-43-46-49-55(64)71-52-54(73-56(65)50-47-44-41-38-35-31-23-20-17-14-11-8-5-2)53-72-63-61(59(68)58(67)60(75-63)62(69)70)74-57(66)51-48-45-42-39-36-32-24-21-18-15-12-9-6-3/h8,11,17,20,25-26,31,35,54,58-61,63,67-68H,4-7,9-10,12-16,18-19,21-24,27-30,32-34,36-53H2,1-3H3,(H,69,70)/b11-8-,20-17-,26-25-,35-31-. The first-order valence-electron chi connectivity index (χ1n) is 30.6. The minimum absolute atomic E-state index is 0.0604. The molecule has 0 aromatic heterocycles. The number of carbonyl (C=O) groups is 4. The number of hydrogen-bond donors (Lipinski definition) is 3. The van der Waals surface area contributed by atoms with Gasteiger partial charge in [0.05, 0.1) is 6.61 Å². The smallest absolute Gasteiger partial charge is 0.335 e. The molecular weight excluding hydrogens is 949 g/mol. The van der Waals surface area contributed by atoms with Gasteiger partial charge in [0.15, 0.2) is 24.6 Å². The van der Waals surface area contributed by atoms with E-state index < -0.39 is 67.3 Å². The average Bonchev–Trinajstić information content (AvgIpc) is 3.39. The summed E-state index contributed by atoms with van der Waals surface area (Å²) < 4.78 is 28.4. The first-order chi connectivity index (χ1) is 36.6. The van der Waals surface area contributed by atoms with Crippen LogP contribution in [0.5, 0.6) is 0 Å². The van der Waals surface area contributed by atoms with Crippen molar-refractivity contribution in [2.75, 3.05) is 13.2 Å². The second-order valence-electron chi connectivity index (χ2n) is 21.0. The van der Waals surface area contributed by atoms with Crippen LogP contribution in [0.2, 0.25) is 0 Å². The number of allylic oxidation sites excluding steroid dienone is 8. The summed E-state index contributed by atoms with van der Waals surface area (Å²) in [6.45, 7) is 5.86. The Balaban J connectivity index is 2.66. The molecule has 0 aromatic rings. The highest BCUT2D eigenvalue weighted by molar-refractivity contribution is 5.74. The molecule has 0 aromatic carbocycles. The molecule has 0 radical (unpaired) electrons. The maximum absolute atomic E-state index is 13.1. The molecule has 12 heteroatoms. The highest BCUT2D eigenvalue weighted by Gasteiger charge is 2.50. The molecule has 6 atom stereocenters. The van der Waals surface area contributed by atoms with E-state index in [2.05, 4.69) is 69.4 Å². The van der Waals surface area contributed by atoms with Gasteiger partial charge in [-0.1, -0.05) is 230 Å². The summed E-state index contributed by atoms with van der Waals surface area (Å²) in [6, 6.07) is 0. The topological polar surface area (TPSA) is 175 Å². The number of unbranched alkanes of at least 4 members (excludes halogenated alkanes) is 30. The van der Waals surface area contributed by atoms with E-state index >= 15 is 0 Å². The molecule has 12 nitrogen and oxygen atoms in total. The molecular formula is C63H110O12. The number of ether oxygens (including phenoxy) is 5. The van der Waals surface area contributed by atoms with Crippen molar-refractivity contribution in [1.29, 1.82) is 0 Å². The number of carbonyl (C=O) groups excluding carboxylic acids is 3. The minimum atomic E-state index is -1.90. The molecule has 6 unspecified atom stereocenters. The molecule has 1 saturated heterocycles. The summed E-state index contributed by atoms with van der Waals surface area (Å²) in [5, 5.41) is 31.5. The zero-order chi connectivity index (χ0) is 54.7. The van der Waals surface area contributed by atoms with Crippen molar-refractivity contribution in [2.45, 2.75) is 314 Å². The van der Waals surface area contributed by atoms with Crippen LogP contribution < -0.4 is 0 Å². The van der Waals surface area contributed by atoms with Crippen molar-refractivity contribution in [3.05, 3.63) is 48.6 Å². The molecule has 0 spiro atoms. The van der Waals surface area contributed by atoms with Gasteiger partial charge < -0.3 is 39.0 Å². The predicted molar refractivity (Wildman–Crippen MR) is 303 cm³/mol. The largest absolute Gasteiger partial charge is 0.479 e. The Morgan fingerprint density at radius 2 is 0.840 bits per heavy atom. The van der Waals surface area contributed by atoms with Crippen molar-refractivity contribution in [2.24, 2.45) is 0 Å². The second-order valence-corrected chi connectivity index (χ2v) is 21.0. The molecule has 3 N–H and O–H groups in total. The number of carboxylic acids is 1. The summed E-state index contributed by atoms with van der Waals surface area (Å²) in [6.07, 6.45) is 49.4. The average molecular weight is 1060 g/mol. The van der Waals surface area contributed by atoms with Crippen LogP contribution in [0.15, 0.2) is 48.6 Å². The molecule has 434 valence electrons. The van der Waals surface area contributed by atoms with Gasteiger partial charge in [-0.15, -0.1) is 0 Å². The van der Waals surface area contributed by atoms with Crippen LogP contribution in [0, 0.1) is 0 Å². The molecule has 0 amide bonds. The predicted octanol–water partition coefficient (Wildman–Crippen LogP) is 15.8. The molecule has 1 rings (SSSR count). The lowest BCUT2D eigenvalue weighted by atomic mass is 9.98. The van der Waals surface area contributed by atoms with Crippen LogP contribution in [-0.2, 0) is 42.9 Å². The Morgan fingerprint density at radius 1 is 0.453 bits per heavy atom. The Kier molecular flexibility index (Phi) is 47.8. The monoisotopic (exact) mass is 1060 g/mol. The van der Waals surface area contributed by atoms with Gasteiger partial charge in [0, 0.05) is 19.3 Å². The Bertz CT molecular complexity index is 1490. The quantitative estimate of drug-likeness (QED) is 0.0228. The summed E-state index contributed by atoms with van der Waals surface area (Å²) in [5.74, 6) is -3.14. The maximum atomic E-state index is 13.1. The number of esters is 3. The maximum Gasteiger partial charge on any atom is 0.335 e. The summed E-state index contributed by atoms with van der Waals surface area (Å²) in [5.41, 5.74) is 0. The third kappa shape index (κ3) is 41.5. The van der Waals surface area contributed by atoms with Gasteiger partial charge in [0.25, 0.3) is 0 Å². The van der Waals surface area contributed by atoms with Gasteiger partial charge in [-0.05, 0) is 77.0 Å². The molecule has 0 saturated carbocycles. The lowest BCUT2D eigenvalue weighted by molar-refractivity contribution is -0.301. The van der Waals surface area contributed by atoms with Gasteiger partial charge in [-0.3, -0.25) is 14.4 Å². The van der Waals surface area contributed by atoms with E-state index in [0.717, 1.165) is 83.5 Å². The summed E-state index contributed by atoms with van der Waals surface area (Å²) in [4.78, 5) is 51.1. The Labute approximate surface area is 456 Å². The van der Waals surface area contributed by atoms with Gasteiger partial charge in [-0.25, -0.2) is 4.79 Å². The number of rotatable bonds is 52. The van der Waals surface area contributed by atoms with Gasteiger partial charge in [0.1, 0.15) is 18.8 Å². The van der Waals surface area contributed by atoms with E-state index in [0.29, 0.717) is 19.3 Å². The van der Waals surface area contributed by atoms with Gasteiger partial charge in [-0.2, -0.15) is 0 Å². The van der Waals surface area contributed by atoms with Crippen LogP contribution >= 0.6 is 0 Å². The summed E-state index contributed by atoms with van der Waals surface area (Å²) >= 11 is 0. The van der Waals surface area contributed by atoms with E-state index in [1.807, 2.05) is 0 Å². The fourth-order valence-corrected chi connectivity index (χ4v) is 9.20. The van der Waals surface area contributed by atoms with Crippen LogP contribution in [0.4, 0.5) is 0 Å². The third-order valence-electron chi connectivity index (χ3n) is 13.9. The molecule has 1 heterocycles. The number of aliphatic carboxylic acids is 1. The molecule has 1 aliphatic rings. The normalized spacial score (nSPS) is 18.4. The second kappa shape index (κ2) is 51.4. The zero-order valence-electron chi connectivity index (χ0n) is 47.8. The SMILES string of the molecule is CC/C=C\C/C=C\C/C=C\CCCCCC(=O)OC(COC(=O)CCCCCCCCCCC/C=C\CCCCCCCC)COC1OC(C(=O)O)C(O)C(O)C1OC(=O)CCCCCCCCCCCCCCC. The van der Waals surface area contributed by atoms with E-state index in [1.165, 1.54) is 135 Å². The number of aliphatic hydroxyl groups is 2. The number of carboxylic acid groups (broad SMARTS) is 1. The van der Waals surface area contributed by atoms with Crippen molar-refractivity contribution in [1.82, 2.24) is 0 Å². The van der Waals surface area contributed by atoms with Gasteiger partial charge >= 0.3 is 23.9 Å². The van der Waals surface area contributed by atoms with Crippen LogP contribution in [0.3, 0.4) is 0 Å². The van der Waals surface area contributed by atoms with E-state index in [9.17, 15) is 34.5 Å². The number of hydrogen-bond acceptors (Lipinski definition) is 11. The van der Waals surface area contributed by atoms with Crippen LogP contribution in [0.1, 0.15) is 278 Å². The van der Waals surface area contributed by atoms with E-state index in [-0.39, 0.29) is 25.9 Å². The van der Waals surface area contributed by atoms with Crippen molar-refractivity contribution in [3.63, 3.8) is 0 Å². The van der Waals surface area contributed by atoms with Crippen LogP contribution in [0.25, 0.3) is 0 Å². The fraction of sp³-hybridized carbons (Fsp3) is 0.810. The molecule has 75 heavy (non-hydrogen) atoms. The highest BCUT2D eigenvalue weighted by atomic mass is 16.7. The van der Waals surface area contributed by atoms with Crippen molar-refractivity contribution >= 4 is 23.9 Å². The molecule has 0 aliphatic carbocycles. The van der Waals surface area contributed by atoms with Gasteiger partial charge in [0.2, 0.25) is 0 Å². The van der Waals surface area contributed by atoms with Crippen LogP contribution in [-0.4, -0.2) is 89.2 Å². The fourth-order valence-electron chi connectivity index (χ4n) is 9.20. The van der Waals surface area contributed by atoms with Crippen molar-refractivity contribution in [3.8, 4) is 0 Å². The lowest BCUT2D eigenvalue weighted by Gasteiger charge is -2.40. The molecule has 1 fully saturated rings. The molecule has 0 bridgehead atoms. The van der Waals surface area contributed by atoms with Crippen molar-refractivity contribution < 1.29 is 58.2 Å². The Morgan fingerprint density at radius 3 is 1.31 bits per heavy atom. The molecule has 1 aliphatic heterocycles. The lowest BCUT2D eigenvalue weighted by Crippen LogP contribution is -2.61. The number of aliphatic hydroxyl groups excluding tert-OH is 2. The van der Waals surface area contributed by atoms with E-state index in [1.54, 1.807) is 0 Å². The zero-order valence-corrected chi connectivity index (χ0v) is 47.8. The van der Waals surface area contributed by atoms with E-state index in [4.69, 9.17) is 23.7 Å². The first-order valence-corrected chi connectivity index (χ1v) is 30.6. The minimum Gasteiger partial charge on any atom is -0.479 e. The third-order valence-corrected chi connectivity index (χ3v) is 13.9. The highest BCUT2D eigenvalue weighted by Crippen LogP contribution is 2.26. The summed E-state index contributed by atoms with van der Waals surface area (Å²) in [7, 11) is 0. The first kappa shape index (κ1) is 69.7. The Hall–Kier alpha value is -3.32.